The van der Waals surface area contributed by atoms with Crippen LogP contribution in [0.4, 0.5) is 10.5 Å². The van der Waals surface area contributed by atoms with Gasteiger partial charge in [0.2, 0.25) is 0 Å². The van der Waals surface area contributed by atoms with Crippen LogP contribution in [0, 0.1) is 0 Å². The number of methoxy groups -OCH3 is 2. The number of nitrogens with one attached hydrogen (secondary N) is 1. The fraction of sp³-hybridized carbons (Fsp3) is 0.429. The number of hydrogen-bond acceptors (Lipinski definition) is 4. The van der Waals surface area contributed by atoms with Crippen molar-refractivity contribution in [3.05, 3.63) is 17.7 Å². The van der Waals surface area contributed by atoms with Crippen molar-refractivity contribution in [1.29, 1.82) is 0 Å². The summed E-state index contributed by atoms with van der Waals surface area (Å²) in [6.07, 6.45) is 0. The van der Waals surface area contributed by atoms with Gasteiger partial charge in [-0.15, -0.1) is 0 Å². The van der Waals surface area contributed by atoms with Gasteiger partial charge in [0.1, 0.15) is 0 Å². The lowest BCUT2D eigenvalue weighted by molar-refractivity contribution is 0.0697. The number of anilines is 1. The quantitative estimate of drug-likeness (QED) is 0.840. The summed E-state index contributed by atoms with van der Waals surface area (Å²) in [5.74, 6) is -0.529. The average molecular weight is 296 g/mol. The molecule has 1 aromatic rings. The normalized spacial score (nSPS) is 9.90. The minimum atomic E-state index is -1.16. The lowest BCUT2D eigenvalue weighted by atomic mass is 10.1. The van der Waals surface area contributed by atoms with E-state index in [1.807, 2.05) is 13.8 Å². The second-order valence-corrected chi connectivity index (χ2v) is 4.16. The standard InChI is InChI=1S/C14H20N2O5/c1-5-16(6-2)14(19)15-10-8-12(21-4)11(20-3)7-9(10)13(17)18/h7-8H,5-6H2,1-4H3,(H,15,19)(H,17,18). The summed E-state index contributed by atoms with van der Waals surface area (Å²) in [6.45, 7) is 4.74. The fourth-order valence-corrected chi connectivity index (χ4v) is 1.86. The van der Waals surface area contributed by atoms with Crippen molar-refractivity contribution in [2.24, 2.45) is 0 Å². The van der Waals surface area contributed by atoms with Gasteiger partial charge in [0.25, 0.3) is 0 Å². The molecule has 7 nitrogen and oxygen atoms in total. The third-order valence-corrected chi connectivity index (χ3v) is 3.05. The smallest absolute Gasteiger partial charge is 0.337 e. The molecule has 0 bridgehead atoms. The molecule has 0 aliphatic heterocycles. The molecule has 116 valence electrons. The van der Waals surface area contributed by atoms with E-state index in [1.54, 1.807) is 4.90 Å². The van der Waals surface area contributed by atoms with E-state index >= 15 is 0 Å². The predicted molar refractivity (Wildman–Crippen MR) is 78.4 cm³/mol. The number of urea groups is 1. The molecule has 0 atom stereocenters. The number of carbonyl (C=O) groups excluding carboxylic acids is 1. The predicted octanol–water partition coefficient (Wildman–Crippen LogP) is 2.28. The van der Waals surface area contributed by atoms with E-state index in [0.29, 0.717) is 18.8 Å². The van der Waals surface area contributed by atoms with Crippen LogP contribution in [0.1, 0.15) is 24.2 Å². The Hall–Kier alpha value is -2.44. The van der Waals surface area contributed by atoms with Gasteiger partial charge in [-0.05, 0) is 13.8 Å². The Morgan fingerprint density at radius 3 is 2.10 bits per heavy atom. The summed E-state index contributed by atoms with van der Waals surface area (Å²) in [7, 11) is 2.85. The van der Waals surface area contributed by atoms with E-state index in [1.165, 1.54) is 26.4 Å². The van der Waals surface area contributed by atoms with E-state index in [-0.39, 0.29) is 23.0 Å². The Bertz CT molecular complexity index is 526. The highest BCUT2D eigenvalue weighted by atomic mass is 16.5. The summed E-state index contributed by atoms with van der Waals surface area (Å²) in [5, 5.41) is 11.8. The largest absolute Gasteiger partial charge is 0.493 e. The van der Waals surface area contributed by atoms with E-state index in [4.69, 9.17) is 9.47 Å². The number of nitrogens with zero attached hydrogens (tertiary/aromatic N) is 1. The fourth-order valence-electron chi connectivity index (χ4n) is 1.86. The van der Waals surface area contributed by atoms with Gasteiger partial charge in [0.05, 0.1) is 25.5 Å². The number of carboxylic acid groups (broad SMARTS) is 1. The molecule has 1 rings (SSSR count). The van der Waals surface area contributed by atoms with E-state index in [0.717, 1.165) is 0 Å². The van der Waals surface area contributed by atoms with Crippen molar-refractivity contribution >= 4 is 17.7 Å². The molecule has 0 heterocycles. The lowest BCUT2D eigenvalue weighted by Gasteiger charge is -2.20. The number of carboxylic acids is 1. The topological polar surface area (TPSA) is 88.1 Å². The number of benzene rings is 1. The Labute approximate surface area is 123 Å². The molecule has 0 aliphatic rings. The number of amides is 2. The zero-order chi connectivity index (χ0) is 16.0. The maximum atomic E-state index is 12.1. The third-order valence-electron chi connectivity index (χ3n) is 3.05. The highest BCUT2D eigenvalue weighted by Crippen LogP contribution is 2.33. The van der Waals surface area contributed by atoms with Crippen molar-refractivity contribution in [2.45, 2.75) is 13.8 Å². The minimum absolute atomic E-state index is 0.0619. The van der Waals surface area contributed by atoms with Crippen LogP contribution in [-0.2, 0) is 0 Å². The molecule has 0 unspecified atom stereocenters. The number of aromatic carboxylic acids is 1. The molecule has 1 aromatic carbocycles. The molecular formula is C14H20N2O5. The Balaban J connectivity index is 3.21. The molecule has 2 N–H and O–H groups in total. The summed E-state index contributed by atoms with van der Waals surface area (Å²) in [6, 6.07) is 2.39. The van der Waals surface area contributed by atoms with Gasteiger partial charge in [0, 0.05) is 25.2 Å². The van der Waals surface area contributed by atoms with Gasteiger partial charge < -0.3 is 24.8 Å². The van der Waals surface area contributed by atoms with Crippen LogP contribution in [0.25, 0.3) is 0 Å². The molecule has 0 fully saturated rings. The van der Waals surface area contributed by atoms with Gasteiger partial charge >= 0.3 is 12.0 Å². The first-order chi connectivity index (χ1) is 9.98. The van der Waals surface area contributed by atoms with E-state index < -0.39 is 5.97 Å². The summed E-state index contributed by atoms with van der Waals surface area (Å²) in [4.78, 5) is 24.9. The van der Waals surface area contributed by atoms with Crippen LogP contribution in [0.2, 0.25) is 0 Å². The third kappa shape index (κ3) is 3.77. The van der Waals surface area contributed by atoms with Crippen LogP contribution in [0.5, 0.6) is 11.5 Å². The summed E-state index contributed by atoms with van der Waals surface area (Å²) >= 11 is 0. The number of carbonyl (C=O) groups is 2. The SMILES string of the molecule is CCN(CC)C(=O)Nc1cc(OC)c(OC)cc1C(=O)O. The summed E-state index contributed by atoms with van der Waals surface area (Å²) in [5.41, 5.74) is 0.102. The first-order valence-electron chi connectivity index (χ1n) is 6.53. The molecule has 0 saturated carbocycles. The number of hydrogen-bond donors (Lipinski definition) is 2. The molecule has 0 aliphatic carbocycles. The molecule has 2 amide bonds. The van der Waals surface area contributed by atoms with Crippen molar-refractivity contribution < 1.29 is 24.2 Å². The zero-order valence-electron chi connectivity index (χ0n) is 12.6. The van der Waals surface area contributed by atoms with Gasteiger partial charge in [-0.2, -0.15) is 0 Å². The maximum absolute atomic E-state index is 12.1. The second-order valence-electron chi connectivity index (χ2n) is 4.16. The van der Waals surface area contributed by atoms with Crippen molar-refractivity contribution in [3.63, 3.8) is 0 Å². The van der Waals surface area contributed by atoms with Crippen molar-refractivity contribution in [3.8, 4) is 11.5 Å². The Morgan fingerprint density at radius 2 is 1.67 bits per heavy atom. The maximum Gasteiger partial charge on any atom is 0.337 e. The molecule has 0 saturated heterocycles. The molecule has 7 heteroatoms. The zero-order valence-corrected chi connectivity index (χ0v) is 12.6. The monoisotopic (exact) mass is 296 g/mol. The molecular weight excluding hydrogens is 276 g/mol. The second kappa shape index (κ2) is 7.37. The van der Waals surface area contributed by atoms with Gasteiger partial charge in [-0.1, -0.05) is 0 Å². The van der Waals surface area contributed by atoms with Crippen LogP contribution in [0.15, 0.2) is 12.1 Å². The highest BCUT2D eigenvalue weighted by molar-refractivity contribution is 6.01. The molecule has 0 radical (unpaired) electrons. The summed E-state index contributed by atoms with van der Waals surface area (Å²) < 4.78 is 10.2. The van der Waals surface area contributed by atoms with Gasteiger partial charge in [0.15, 0.2) is 11.5 Å². The van der Waals surface area contributed by atoms with Crippen LogP contribution < -0.4 is 14.8 Å². The number of rotatable bonds is 6. The van der Waals surface area contributed by atoms with E-state index in [9.17, 15) is 14.7 Å². The van der Waals surface area contributed by atoms with Gasteiger partial charge in [-0.25, -0.2) is 9.59 Å². The Kier molecular flexibility index (Phi) is 5.83. The first-order valence-corrected chi connectivity index (χ1v) is 6.53. The van der Waals surface area contributed by atoms with Gasteiger partial charge in [-0.3, -0.25) is 0 Å². The van der Waals surface area contributed by atoms with Crippen molar-refractivity contribution in [2.75, 3.05) is 32.6 Å². The lowest BCUT2D eigenvalue weighted by Crippen LogP contribution is -2.34. The number of ether oxygens (including phenoxy) is 2. The van der Waals surface area contributed by atoms with Crippen LogP contribution in [0.3, 0.4) is 0 Å². The van der Waals surface area contributed by atoms with E-state index in [2.05, 4.69) is 5.32 Å². The van der Waals surface area contributed by atoms with Crippen molar-refractivity contribution in [1.82, 2.24) is 4.90 Å². The highest BCUT2D eigenvalue weighted by Gasteiger charge is 2.19. The first kappa shape index (κ1) is 16.6. The molecule has 21 heavy (non-hydrogen) atoms. The average Bonchev–Trinajstić information content (AvgIpc) is 2.47. The minimum Gasteiger partial charge on any atom is -0.493 e. The van der Waals surface area contributed by atoms with Crippen LogP contribution in [-0.4, -0.2) is 49.3 Å². The Morgan fingerprint density at radius 1 is 1.14 bits per heavy atom. The molecule has 0 aromatic heterocycles. The van der Waals surface area contributed by atoms with Crippen LogP contribution >= 0.6 is 0 Å². The molecule has 0 spiro atoms.